The van der Waals surface area contributed by atoms with Gasteiger partial charge in [0.2, 0.25) is 0 Å². The van der Waals surface area contributed by atoms with Gasteiger partial charge in [0.25, 0.3) is 5.91 Å². The largest absolute Gasteiger partial charge is 0.505 e. The molecule has 0 aliphatic rings. The summed E-state index contributed by atoms with van der Waals surface area (Å²) in [6, 6.07) is 9.64. The Kier molecular flexibility index (Phi) is 5.59. The molecule has 120 valence electrons. The van der Waals surface area contributed by atoms with Gasteiger partial charge in [-0.2, -0.15) is 0 Å². The third kappa shape index (κ3) is 4.23. The first-order valence-electron chi connectivity index (χ1n) is 6.79. The highest BCUT2D eigenvalue weighted by molar-refractivity contribution is 7.99. The van der Waals surface area contributed by atoms with Crippen LogP contribution in [0.25, 0.3) is 0 Å². The Bertz CT molecular complexity index is 720. The van der Waals surface area contributed by atoms with E-state index in [9.17, 15) is 14.7 Å². The van der Waals surface area contributed by atoms with Crippen molar-refractivity contribution >= 4 is 23.6 Å². The third-order valence-corrected chi connectivity index (χ3v) is 4.21. The molecule has 0 unspecified atom stereocenters. The van der Waals surface area contributed by atoms with Crippen molar-refractivity contribution in [2.45, 2.75) is 16.7 Å². The molecule has 7 heteroatoms. The molecule has 0 aliphatic carbocycles. The van der Waals surface area contributed by atoms with Crippen LogP contribution in [0.2, 0.25) is 0 Å². The molecule has 1 aromatic heterocycles. The lowest BCUT2D eigenvalue weighted by molar-refractivity contribution is -0.139. The molecular formula is C16H16N2O4S. The minimum atomic E-state index is -0.632. The molecule has 2 aromatic rings. The highest BCUT2D eigenvalue weighted by atomic mass is 32.2. The van der Waals surface area contributed by atoms with Gasteiger partial charge < -0.3 is 15.2 Å². The Morgan fingerprint density at radius 2 is 2.00 bits per heavy atom. The zero-order valence-corrected chi connectivity index (χ0v) is 13.5. The maximum absolute atomic E-state index is 12.0. The number of pyridine rings is 1. The van der Waals surface area contributed by atoms with E-state index in [0.717, 1.165) is 9.79 Å². The number of aromatic hydroxyl groups is 1. The lowest BCUT2D eigenvalue weighted by Gasteiger charge is -2.10. The van der Waals surface area contributed by atoms with Crippen LogP contribution in [0.1, 0.15) is 16.1 Å². The predicted molar refractivity (Wildman–Crippen MR) is 85.6 cm³/mol. The number of benzene rings is 1. The van der Waals surface area contributed by atoms with Gasteiger partial charge in [-0.1, -0.05) is 30.0 Å². The number of methoxy groups -OCH3 is 1. The van der Waals surface area contributed by atoms with E-state index in [1.807, 2.05) is 30.3 Å². The van der Waals surface area contributed by atoms with Gasteiger partial charge in [0.05, 0.1) is 7.11 Å². The first kappa shape index (κ1) is 16.8. The summed E-state index contributed by atoms with van der Waals surface area (Å²) in [5.41, 5.74) is 0.431. The highest BCUT2D eigenvalue weighted by Crippen LogP contribution is 2.34. The Morgan fingerprint density at radius 1 is 1.30 bits per heavy atom. The summed E-state index contributed by atoms with van der Waals surface area (Å²) in [6.07, 6.45) is 1.53. The second-order valence-corrected chi connectivity index (χ2v) is 5.73. The Labute approximate surface area is 137 Å². The Morgan fingerprint density at radius 3 is 2.65 bits per heavy atom. The minimum Gasteiger partial charge on any atom is -0.505 e. The van der Waals surface area contributed by atoms with E-state index in [-0.39, 0.29) is 18.0 Å². The van der Waals surface area contributed by atoms with Crippen molar-refractivity contribution in [1.29, 1.82) is 0 Å². The molecule has 0 spiro atoms. The number of hydrogen-bond donors (Lipinski definition) is 2. The standard InChI is InChI=1S/C16H16N2O4S/c1-10-12(23-11-6-4-3-5-7-11)8-17-14(15(10)20)16(21)18-9-13(19)22-2/h3-8,20H,9H2,1-2H3,(H,18,21). The maximum Gasteiger partial charge on any atom is 0.325 e. The topological polar surface area (TPSA) is 88.5 Å². The quantitative estimate of drug-likeness (QED) is 0.816. The van der Waals surface area contributed by atoms with Crippen LogP contribution in [0.3, 0.4) is 0 Å². The second kappa shape index (κ2) is 7.64. The summed E-state index contributed by atoms with van der Waals surface area (Å²) in [4.78, 5) is 28.7. The molecule has 1 amide bonds. The molecule has 0 radical (unpaired) electrons. The molecule has 0 saturated heterocycles. The molecule has 2 rings (SSSR count). The average molecular weight is 332 g/mol. The molecule has 2 N–H and O–H groups in total. The van der Waals surface area contributed by atoms with Crippen LogP contribution in [0, 0.1) is 6.92 Å². The first-order valence-corrected chi connectivity index (χ1v) is 7.61. The molecule has 0 aliphatic heterocycles. The van der Waals surface area contributed by atoms with E-state index in [4.69, 9.17) is 0 Å². The summed E-state index contributed by atoms with van der Waals surface area (Å²) < 4.78 is 4.44. The molecule has 0 atom stereocenters. The number of carbonyl (C=O) groups excluding carboxylic acids is 2. The van der Waals surface area contributed by atoms with E-state index in [1.165, 1.54) is 25.1 Å². The molecule has 0 fully saturated rings. The fourth-order valence-corrected chi connectivity index (χ4v) is 2.67. The van der Waals surface area contributed by atoms with Crippen LogP contribution < -0.4 is 5.32 Å². The van der Waals surface area contributed by atoms with Crippen molar-refractivity contribution in [3.05, 3.63) is 47.8 Å². The van der Waals surface area contributed by atoms with Crippen molar-refractivity contribution in [2.24, 2.45) is 0 Å². The lowest BCUT2D eigenvalue weighted by atomic mass is 10.2. The molecule has 0 saturated carbocycles. The summed E-state index contributed by atoms with van der Waals surface area (Å²) in [5.74, 6) is -1.41. The Hall–Kier alpha value is -2.54. The third-order valence-electron chi connectivity index (χ3n) is 3.07. The van der Waals surface area contributed by atoms with E-state index < -0.39 is 11.9 Å². The number of esters is 1. The van der Waals surface area contributed by atoms with Crippen LogP contribution >= 0.6 is 11.8 Å². The molecule has 23 heavy (non-hydrogen) atoms. The molecular weight excluding hydrogens is 316 g/mol. The van der Waals surface area contributed by atoms with Crippen molar-refractivity contribution in [3.8, 4) is 5.75 Å². The fourth-order valence-electron chi connectivity index (χ4n) is 1.77. The van der Waals surface area contributed by atoms with Crippen LogP contribution in [-0.4, -0.2) is 35.6 Å². The molecule has 0 bridgehead atoms. The smallest absolute Gasteiger partial charge is 0.325 e. The van der Waals surface area contributed by atoms with Gasteiger partial charge in [0.15, 0.2) is 11.4 Å². The number of rotatable bonds is 5. The van der Waals surface area contributed by atoms with Gasteiger partial charge in [0, 0.05) is 21.6 Å². The summed E-state index contributed by atoms with van der Waals surface area (Å²) in [7, 11) is 1.23. The second-order valence-electron chi connectivity index (χ2n) is 4.62. The maximum atomic E-state index is 12.0. The lowest BCUT2D eigenvalue weighted by Crippen LogP contribution is -2.30. The fraction of sp³-hybridized carbons (Fsp3) is 0.188. The van der Waals surface area contributed by atoms with E-state index in [2.05, 4.69) is 15.0 Å². The van der Waals surface area contributed by atoms with E-state index >= 15 is 0 Å². The highest BCUT2D eigenvalue weighted by Gasteiger charge is 2.18. The van der Waals surface area contributed by atoms with Gasteiger partial charge in [-0.25, -0.2) is 4.98 Å². The van der Waals surface area contributed by atoms with Crippen LogP contribution in [-0.2, 0) is 9.53 Å². The Balaban J connectivity index is 2.17. The monoisotopic (exact) mass is 332 g/mol. The summed E-state index contributed by atoms with van der Waals surface area (Å²) in [5, 5.41) is 12.5. The summed E-state index contributed by atoms with van der Waals surface area (Å²) >= 11 is 1.44. The number of amides is 1. The minimum absolute atomic E-state index is 0.121. The van der Waals surface area contributed by atoms with Gasteiger partial charge in [-0.3, -0.25) is 9.59 Å². The van der Waals surface area contributed by atoms with E-state index in [1.54, 1.807) is 6.92 Å². The van der Waals surface area contributed by atoms with Crippen molar-refractivity contribution < 1.29 is 19.4 Å². The predicted octanol–water partition coefficient (Wildman–Crippen LogP) is 2.15. The number of nitrogens with zero attached hydrogens (tertiary/aromatic N) is 1. The van der Waals surface area contributed by atoms with Crippen molar-refractivity contribution in [1.82, 2.24) is 10.3 Å². The molecule has 1 heterocycles. The summed E-state index contributed by atoms with van der Waals surface area (Å²) in [6.45, 7) is 1.43. The van der Waals surface area contributed by atoms with E-state index in [0.29, 0.717) is 5.56 Å². The number of aromatic nitrogens is 1. The number of ether oxygens (including phenoxy) is 1. The van der Waals surface area contributed by atoms with Crippen LogP contribution in [0.4, 0.5) is 0 Å². The van der Waals surface area contributed by atoms with Gasteiger partial charge >= 0.3 is 5.97 Å². The first-order chi connectivity index (χ1) is 11.0. The van der Waals surface area contributed by atoms with Crippen LogP contribution in [0.5, 0.6) is 5.75 Å². The average Bonchev–Trinajstić information content (AvgIpc) is 2.57. The van der Waals surface area contributed by atoms with Crippen LogP contribution in [0.15, 0.2) is 46.3 Å². The van der Waals surface area contributed by atoms with Crippen molar-refractivity contribution in [3.63, 3.8) is 0 Å². The number of carbonyl (C=O) groups is 2. The SMILES string of the molecule is COC(=O)CNC(=O)c1ncc(Sc2ccccc2)c(C)c1O. The number of hydrogen-bond acceptors (Lipinski definition) is 6. The van der Waals surface area contributed by atoms with Gasteiger partial charge in [-0.15, -0.1) is 0 Å². The zero-order valence-electron chi connectivity index (χ0n) is 12.7. The molecule has 6 nitrogen and oxygen atoms in total. The number of nitrogens with one attached hydrogen (secondary N) is 1. The molecule has 1 aromatic carbocycles. The van der Waals surface area contributed by atoms with Gasteiger partial charge in [0.1, 0.15) is 6.54 Å². The van der Waals surface area contributed by atoms with Gasteiger partial charge in [-0.05, 0) is 19.1 Å². The zero-order chi connectivity index (χ0) is 16.8. The van der Waals surface area contributed by atoms with Crippen molar-refractivity contribution in [2.75, 3.05) is 13.7 Å². The normalized spacial score (nSPS) is 10.2.